The molecule has 2 amide bonds. The number of hydrogen-bond acceptors (Lipinski definition) is 5. The third-order valence-electron chi connectivity index (χ3n) is 4.40. The number of hydrazone groups is 1. The van der Waals surface area contributed by atoms with E-state index in [0.29, 0.717) is 21.5 Å². The van der Waals surface area contributed by atoms with Crippen LogP contribution in [-0.4, -0.2) is 24.6 Å². The molecule has 2 N–H and O–H groups in total. The molecule has 1 heterocycles. The van der Waals surface area contributed by atoms with Gasteiger partial charge in [-0.3, -0.25) is 9.59 Å². The highest BCUT2D eigenvalue weighted by molar-refractivity contribution is 9.10. The van der Waals surface area contributed by atoms with Gasteiger partial charge >= 0.3 is 5.91 Å². The molecule has 0 radical (unpaired) electrons. The molecule has 0 fully saturated rings. The molecule has 4 rings (SSSR count). The lowest BCUT2D eigenvalue weighted by molar-refractivity contribution is -0.118. The summed E-state index contributed by atoms with van der Waals surface area (Å²) < 4.78 is 11.7. The minimum atomic E-state index is -0.444. The predicted octanol–water partition coefficient (Wildman–Crippen LogP) is 4.98. The lowest BCUT2D eigenvalue weighted by Crippen LogP contribution is -2.20. The van der Waals surface area contributed by atoms with Gasteiger partial charge in [-0.2, -0.15) is 5.10 Å². The van der Waals surface area contributed by atoms with Crippen LogP contribution in [0.3, 0.4) is 0 Å². The summed E-state index contributed by atoms with van der Waals surface area (Å²) in [4.78, 5) is 24.2. The predicted molar refractivity (Wildman–Crippen MR) is 126 cm³/mol. The number of para-hydroxylation sites is 2. The Bertz CT molecular complexity index is 1250. The Morgan fingerprint density at radius 3 is 2.56 bits per heavy atom. The summed E-state index contributed by atoms with van der Waals surface area (Å²) in [6, 6.07) is 23.4. The molecule has 0 saturated carbocycles. The van der Waals surface area contributed by atoms with Crippen molar-refractivity contribution in [3.05, 3.63) is 94.7 Å². The molecule has 0 saturated heterocycles. The molecule has 0 aliphatic rings. The maximum atomic E-state index is 12.2. The zero-order valence-corrected chi connectivity index (χ0v) is 18.3. The van der Waals surface area contributed by atoms with Gasteiger partial charge in [-0.15, -0.1) is 0 Å². The summed E-state index contributed by atoms with van der Waals surface area (Å²) in [7, 11) is 0. The number of amides is 2. The number of ether oxygens (including phenoxy) is 1. The molecule has 3 aromatic carbocycles. The number of nitrogens with one attached hydrogen (secondary N) is 2. The van der Waals surface area contributed by atoms with Crippen LogP contribution >= 0.6 is 15.9 Å². The lowest BCUT2D eigenvalue weighted by atomic mass is 10.2. The number of carbonyl (C=O) groups is 2. The number of anilines is 1. The monoisotopic (exact) mass is 491 g/mol. The van der Waals surface area contributed by atoms with Crippen LogP contribution in [0.2, 0.25) is 0 Å². The van der Waals surface area contributed by atoms with Gasteiger partial charge in [0.1, 0.15) is 11.3 Å². The average Bonchev–Trinajstić information content (AvgIpc) is 3.24. The normalized spacial score (nSPS) is 10.9. The van der Waals surface area contributed by atoms with E-state index in [4.69, 9.17) is 9.15 Å². The standard InChI is InChI=1S/C24H18BrN3O4/c25-19-12-16(10-11-21(19)31-15-23(29)27-18-7-2-1-3-8-18)14-26-28-24(30)22-13-17-6-4-5-9-20(17)32-22/h1-14H,15H2,(H,27,29)(H,28,30)/b26-14+. The number of benzene rings is 3. The lowest BCUT2D eigenvalue weighted by Gasteiger charge is -2.09. The van der Waals surface area contributed by atoms with E-state index in [0.717, 1.165) is 10.9 Å². The van der Waals surface area contributed by atoms with Crippen molar-refractivity contribution in [1.82, 2.24) is 5.43 Å². The van der Waals surface area contributed by atoms with Gasteiger partial charge < -0.3 is 14.5 Å². The number of furan rings is 1. The molecule has 0 aliphatic heterocycles. The number of halogens is 1. The van der Waals surface area contributed by atoms with Gasteiger partial charge in [0.15, 0.2) is 12.4 Å². The van der Waals surface area contributed by atoms with E-state index < -0.39 is 5.91 Å². The molecule has 160 valence electrons. The van der Waals surface area contributed by atoms with Crippen LogP contribution in [0.15, 0.2) is 92.9 Å². The van der Waals surface area contributed by atoms with Gasteiger partial charge in [-0.1, -0.05) is 36.4 Å². The highest BCUT2D eigenvalue weighted by Crippen LogP contribution is 2.25. The SMILES string of the molecule is O=C(COc1ccc(/C=N/NC(=O)c2cc3ccccc3o2)cc1Br)Nc1ccccc1. The van der Waals surface area contributed by atoms with Crippen molar-refractivity contribution >= 4 is 50.6 Å². The zero-order valence-electron chi connectivity index (χ0n) is 16.7. The van der Waals surface area contributed by atoms with E-state index in [2.05, 4.69) is 31.8 Å². The Morgan fingerprint density at radius 2 is 1.78 bits per heavy atom. The summed E-state index contributed by atoms with van der Waals surface area (Å²) in [5.74, 6) is -0.0123. The van der Waals surface area contributed by atoms with Crippen LogP contribution in [0.1, 0.15) is 16.1 Å². The fourth-order valence-electron chi connectivity index (χ4n) is 2.89. The summed E-state index contributed by atoms with van der Waals surface area (Å²) in [6.07, 6.45) is 1.50. The van der Waals surface area contributed by atoms with E-state index in [1.54, 1.807) is 42.5 Å². The first-order valence-electron chi connectivity index (χ1n) is 9.68. The van der Waals surface area contributed by atoms with Crippen molar-refractivity contribution in [2.75, 3.05) is 11.9 Å². The first-order chi connectivity index (χ1) is 15.6. The number of hydrogen-bond donors (Lipinski definition) is 2. The largest absolute Gasteiger partial charge is 0.483 e. The first-order valence-corrected chi connectivity index (χ1v) is 10.5. The number of fused-ring (bicyclic) bond motifs is 1. The Morgan fingerprint density at radius 1 is 1.00 bits per heavy atom. The van der Waals surface area contributed by atoms with Crippen LogP contribution in [0, 0.1) is 0 Å². The summed E-state index contributed by atoms with van der Waals surface area (Å²) in [6.45, 7) is -0.130. The van der Waals surface area contributed by atoms with Crippen LogP contribution < -0.4 is 15.5 Å². The average molecular weight is 492 g/mol. The first kappa shape index (κ1) is 21.3. The maximum absolute atomic E-state index is 12.2. The maximum Gasteiger partial charge on any atom is 0.307 e. The summed E-state index contributed by atoms with van der Waals surface area (Å²) in [5, 5.41) is 7.57. The molecule has 1 aromatic heterocycles. The second-order valence-corrected chi connectivity index (χ2v) is 7.59. The van der Waals surface area contributed by atoms with Gasteiger partial charge in [-0.05, 0) is 64.0 Å². The molecular formula is C24H18BrN3O4. The van der Waals surface area contributed by atoms with Crippen LogP contribution in [0.4, 0.5) is 5.69 Å². The molecule has 32 heavy (non-hydrogen) atoms. The minimum absolute atomic E-state index is 0.130. The highest BCUT2D eigenvalue weighted by atomic mass is 79.9. The molecule has 7 nitrogen and oxygen atoms in total. The molecule has 0 aliphatic carbocycles. The highest BCUT2D eigenvalue weighted by Gasteiger charge is 2.11. The van der Waals surface area contributed by atoms with Crippen LogP contribution in [-0.2, 0) is 4.79 Å². The van der Waals surface area contributed by atoms with Crippen LogP contribution in [0.5, 0.6) is 5.75 Å². The van der Waals surface area contributed by atoms with Crippen molar-refractivity contribution in [2.24, 2.45) is 5.10 Å². The molecule has 0 unspecified atom stereocenters. The van der Waals surface area contributed by atoms with Crippen molar-refractivity contribution in [3.8, 4) is 5.75 Å². The van der Waals surface area contributed by atoms with Crippen molar-refractivity contribution in [2.45, 2.75) is 0 Å². The number of nitrogens with zero attached hydrogens (tertiary/aromatic N) is 1. The van der Waals surface area contributed by atoms with Gasteiger partial charge in [0.05, 0.1) is 10.7 Å². The Balaban J connectivity index is 1.31. The van der Waals surface area contributed by atoms with E-state index in [1.165, 1.54) is 6.21 Å². The second kappa shape index (κ2) is 9.93. The quantitative estimate of drug-likeness (QED) is 0.281. The third-order valence-corrected chi connectivity index (χ3v) is 5.02. The summed E-state index contributed by atoms with van der Waals surface area (Å²) >= 11 is 3.42. The summed E-state index contributed by atoms with van der Waals surface area (Å²) in [5.41, 5.74) is 4.51. The van der Waals surface area contributed by atoms with E-state index in [1.807, 2.05) is 36.4 Å². The Labute approximate surface area is 192 Å². The topological polar surface area (TPSA) is 92.9 Å². The second-order valence-electron chi connectivity index (χ2n) is 6.74. The van der Waals surface area contributed by atoms with Gasteiger partial charge in [0, 0.05) is 11.1 Å². The Hall–Kier alpha value is -3.91. The van der Waals surface area contributed by atoms with Gasteiger partial charge in [0.25, 0.3) is 5.91 Å². The molecule has 0 bridgehead atoms. The fraction of sp³-hybridized carbons (Fsp3) is 0.0417. The Kier molecular flexibility index (Phi) is 6.62. The van der Waals surface area contributed by atoms with Gasteiger partial charge in [0.2, 0.25) is 0 Å². The number of carbonyl (C=O) groups excluding carboxylic acids is 2. The van der Waals surface area contributed by atoms with Crippen molar-refractivity contribution in [1.29, 1.82) is 0 Å². The smallest absolute Gasteiger partial charge is 0.307 e. The molecule has 0 atom stereocenters. The van der Waals surface area contributed by atoms with Crippen molar-refractivity contribution < 1.29 is 18.7 Å². The molecular weight excluding hydrogens is 474 g/mol. The minimum Gasteiger partial charge on any atom is -0.483 e. The molecule has 4 aromatic rings. The zero-order chi connectivity index (χ0) is 22.3. The third kappa shape index (κ3) is 5.41. The van der Waals surface area contributed by atoms with E-state index in [9.17, 15) is 9.59 Å². The molecule has 0 spiro atoms. The van der Waals surface area contributed by atoms with Crippen LogP contribution in [0.25, 0.3) is 11.0 Å². The number of rotatable bonds is 7. The molecule has 8 heteroatoms. The van der Waals surface area contributed by atoms with E-state index in [-0.39, 0.29) is 18.3 Å². The van der Waals surface area contributed by atoms with E-state index >= 15 is 0 Å². The van der Waals surface area contributed by atoms with Crippen molar-refractivity contribution in [3.63, 3.8) is 0 Å². The van der Waals surface area contributed by atoms with Gasteiger partial charge in [-0.25, -0.2) is 5.43 Å². The fourth-order valence-corrected chi connectivity index (χ4v) is 3.40.